The van der Waals surface area contributed by atoms with Crippen molar-refractivity contribution in [2.75, 3.05) is 0 Å². The van der Waals surface area contributed by atoms with Gasteiger partial charge in [0.25, 0.3) is 5.69 Å². The molecule has 0 saturated carbocycles. The Balaban J connectivity index is 2.15. The zero-order valence-corrected chi connectivity index (χ0v) is 17.6. The summed E-state index contributed by atoms with van der Waals surface area (Å²) in [6, 6.07) is 8.57. The van der Waals surface area contributed by atoms with Crippen LogP contribution in [0.1, 0.15) is 78.7 Å². The molecule has 0 unspecified atom stereocenters. The van der Waals surface area contributed by atoms with Crippen LogP contribution in [0.2, 0.25) is 0 Å². The number of aromatic carboxylic acids is 1. The van der Waals surface area contributed by atoms with Crippen molar-refractivity contribution in [3.63, 3.8) is 0 Å². The summed E-state index contributed by atoms with van der Waals surface area (Å²) in [6.45, 7) is 15.2. The molecule has 1 aliphatic carbocycles. The zero-order valence-electron chi connectivity index (χ0n) is 17.6. The summed E-state index contributed by atoms with van der Waals surface area (Å²) in [7, 11) is 0. The second-order valence-corrected chi connectivity index (χ2v) is 9.25. The number of carboxylic acid groups (broad SMARTS) is 1. The minimum absolute atomic E-state index is 0.0345. The van der Waals surface area contributed by atoms with Crippen LogP contribution in [-0.4, -0.2) is 16.0 Å². The van der Waals surface area contributed by atoms with Crippen LogP contribution >= 0.6 is 0 Å². The number of hydrogen-bond acceptors (Lipinski definition) is 3. The van der Waals surface area contributed by atoms with E-state index in [9.17, 15) is 20.0 Å². The molecule has 3 rings (SSSR count). The lowest BCUT2D eigenvalue weighted by atomic mass is 9.62. The predicted molar refractivity (Wildman–Crippen MR) is 115 cm³/mol. The highest BCUT2D eigenvalue weighted by Gasteiger charge is 2.37. The average molecular weight is 393 g/mol. The summed E-state index contributed by atoms with van der Waals surface area (Å²) in [6.07, 6.45) is 2.20. The van der Waals surface area contributed by atoms with E-state index in [0.29, 0.717) is 11.1 Å². The molecule has 0 radical (unpaired) electrons. The van der Waals surface area contributed by atoms with Crippen molar-refractivity contribution in [2.45, 2.75) is 58.3 Å². The molecule has 2 aromatic carbocycles. The van der Waals surface area contributed by atoms with Gasteiger partial charge in [-0.15, -0.1) is 0 Å². The lowest BCUT2D eigenvalue weighted by molar-refractivity contribution is -0.385. The molecule has 0 atom stereocenters. The van der Waals surface area contributed by atoms with Gasteiger partial charge in [-0.25, -0.2) is 4.79 Å². The van der Waals surface area contributed by atoms with Crippen LogP contribution in [0.15, 0.2) is 36.9 Å². The van der Waals surface area contributed by atoms with E-state index in [-0.39, 0.29) is 16.4 Å². The van der Waals surface area contributed by atoms with Crippen molar-refractivity contribution in [2.24, 2.45) is 0 Å². The Hall–Kier alpha value is -2.95. The van der Waals surface area contributed by atoms with E-state index >= 15 is 0 Å². The van der Waals surface area contributed by atoms with Crippen molar-refractivity contribution < 1.29 is 14.8 Å². The SMILES string of the molecule is C=C(c1ccc(C(=O)O)c([N+](=O)[O-])c1)c1cc2c(cc1C)C(C)(C)CCC2(C)C. The van der Waals surface area contributed by atoms with E-state index in [1.165, 1.54) is 23.3 Å². The smallest absolute Gasteiger partial charge is 0.342 e. The second-order valence-electron chi connectivity index (χ2n) is 9.25. The fourth-order valence-electron chi connectivity index (χ4n) is 4.25. The van der Waals surface area contributed by atoms with Gasteiger partial charge >= 0.3 is 5.97 Å². The molecule has 5 heteroatoms. The van der Waals surface area contributed by atoms with Crippen LogP contribution in [0.5, 0.6) is 0 Å². The normalized spacial score (nSPS) is 16.7. The van der Waals surface area contributed by atoms with Crippen LogP contribution in [-0.2, 0) is 10.8 Å². The van der Waals surface area contributed by atoms with Crippen molar-refractivity contribution in [1.29, 1.82) is 0 Å². The number of aryl methyl sites for hydroxylation is 1. The lowest BCUT2D eigenvalue weighted by Crippen LogP contribution is -2.34. The molecule has 0 amide bonds. The van der Waals surface area contributed by atoms with Crippen molar-refractivity contribution in [1.82, 2.24) is 0 Å². The Morgan fingerprint density at radius 1 is 1.03 bits per heavy atom. The van der Waals surface area contributed by atoms with Crippen molar-refractivity contribution in [3.05, 3.63) is 80.4 Å². The highest BCUT2D eigenvalue weighted by Crippen LogP contribution is 2.47. The van der Waals surface area contributed by atoms with Gasteiger partial charge in [-0.05, 0) is 70.1 Å². The van der Waals surface area contributed by atoms with Gasteiger partial charge < -0.3 is 5.11 Å². The van der Waals surface area contributed by atoms with Crippen LogP contribution in [0.4, 0.5) is 5.69 Å². The Labute approximate surface area is 171 Å². The standard InChI is InChI=1S/C24H27NO4/c1-14-11-19-20(24(5,6)10-9-23(19,3)4)13-18(14)15(2)16-7-8-17(22(26)27)21(12-16)25(28)29/h7-8,11-13H,2,9-10H2,1,3-6H3,(H,26,27). The summed E-state index contributed by atoms with van der Waals surface area (Å²) in [5.74, 6) is -1.32. The maximum atomic E-state index is 11.4. The number of carbonyl (C=O) groups is 1. The van der Waals surface area contributed by atoms with Crippen LogP contribution in [0.25, 0.3) is 5.57 Å². The minimum atomic E-state index is -1.32. The van der Waals surface area contributed by atoms with Gasteiger partial charge in [0.15, 0.2) is 0 Å². The summed E-state index contributed by atoms with van der Waals surface area (Å²) < 4.78 is 0. The van der Waals surface area contributed by atoms with Crippen molar-refractivity contribution in [3.8, 4) is 0 Å². The van der Waals surface area contributed by atoms with E-state index in [0.717, 1.165) is 24.0 Å². The van der Waals surface area contributed by atoms with Gasteiger partial charge in [-0.3, -0.25) is 10.1 Å². The molecule has 0 bridgehead atoms. The Morgan fingerprint density at radius 2 is 1.59 bits per heavy atom. The Bertz CT molecular complexity index is 1050. The number of carboxylic acids is 1. The van der Waals surface area contributed by atoms with Gasteiger partial charge in [0.2, 0.25) is 0 Å². The van der Waals surface area contributed by atoms with Gasteiger partial charge in [0, 0.05) is 6.07 Å². The molecule has 0 aliphatic heterocycles. The first-order chi connectivity index (χ1) is 13.3. The number of nitro groups is 1. The van der Waals surface area contributed by atoms with Crippen LogP contribution < -0.4 is 0 Å². The third-order valence-corrected chi connectivity index (χ3v) is 6.30. The first-order valence-corrected chi connectivity index (χ1v) is 9.72. The molecule has 0 saturated heterocycles. The molecule has 0 aromatic heterocycles. The van der Waals surface area contributed by atoms with E-state index in [1.807, 2.05) is 6.92 Å². The third kappa shape index (κ3) is 3.57. The third-order valence-electron chi connectivity index (χ3n) is 6.30. The number of benzene rings is 2. The average Bonchev–Trinajstić information content (AvgIpc) is 2.64. The number of nitro benzene ring substituents is 1. The van der Waals surface area contributed by atoms with E-state index in [1.54, 1.807) is 6.07 Å². The van der Waals surface area contributed by atoms with E-state index in [4.69, 9.17) is 0 Å². The van der Waals surface area contributed by atoms with E-state index in [2.05, 4.69) is 46.4 Å². The predicted octanol–water partition coefficient (Wildman–Crippen LogP) is 6.01. The fraction of sp³-hybridized carbons (Fsp3) is 0.375. The molecule has 0 heterocycles. The molecular formula is C24H27NO4. The number of nitrogens with zero attached hydrogens (tertiary/aromatic N) is 1. The van der Waals surface area contributed by atoms with Crippen LogP contribution in [0, 0.1) is 17.0 Å². The monoisotopic (exact) mass is 393 g/mol. The summed E-state index contributed by atoms with van der Waals surface area (Å²) in [5.41, 5.74) is 5.22. The van der Waals surface area contributed by atoms with Gasteiger partial charge in [0.1, 0.15) is 5.56 Å². The van der Waals surface area contributed by atoms with Gasteiger partial charge in [0.05, 0.1) is 4.92 Å². The molecule has 2 aromatic rings. The van der Waals surface area contributed by atoms with E-state index < -0.39 is 16.6 Å². The topological polar surface area (TPSA) is 80.4 Å². The molecule has 0 spiro atoms. The highest BCUT2D eigenvalue weighted by molar-refractivity contribution is 5.94. The summed E-state index contributed by atoms with van der Waals surface area (Å²) >= 11 is 0. The molecule has 5 nitrogen and oxygen atoms in total. The second kappa shape index (κ2) is 6.83. The number of hydrogen-bond donors (Lipinski definition) is 1. The number of fused-ring (bicyclic) bond motifs is 1. The molecule has 0 fully saturated rings. The number of rotatable bonds is 4. The quantitative estimate of drug-likeness (QED) is 0.509. The maximum absolute atomic E-state index is 11.4. The van der Waals surface area contributed by atoms with Gasteiger partial charge in [-0.2, -0.15) is 0 Å². The Kier molecular flexibility index (Phi) is 4.89. The zero-order chi connectivity index (χ0) is 21.7. The largest absolute Gasteiger partial charge is 0.477 e. The molecular weight excluding hydrogens is 366 g/mol. The summed E-state index contributed by atoms with van der Waals surface area (Å²) in [5, 5.41) is 20.6. The molecule has 152 valence electrons. The van der Waals surface area contributed by atoms with Crippen molar-refractivity contribution >= 4 is 17.2 Å². The fourth-order valence-corrected chi connectivity index (χ4v) is 4.25. The Morgan fingerprint density at radius 3 is 2.10 bits per heavy atom. The molecule has 1 aliphatic rings. The minimum Gasteiger partial charge on any atom is -0.477 e. The molecule has 29 heavy (non-hydrogen) atoms. The lowest BCUT2D eigenvalue weighted by Gasteiger charge is -2.42. The van der Waals surface area contributed by atoms with Gasteiger partial charge in [-0.1, -0.05) is 52.5 Å². The first kappa shape index (κ1) is 20.8. The summed E-state index contributed by atoms with van der Waals surface area (Å²) in [4.78, 5) is 22.0. The highest BCUT2D eigenvalue weighted by atomic mass is 16.6. The maximum Gasteiger partial charge on any atom is 0.342 e. The molecule has 1 N–H and O–H groups in total. The van der Waals surface area contributed by atoms with Crippen LogP contribution in [0.3, 0.4) is 0 Å². The first-order valence-electron chi connectivity index (χ1n) is 9.72.